The number of nitrogens with one attached hydrogen (secondary N) is 1. The van der Waals surface area contributed by atoms with Crippen LogP contribution in [0.1, 0.15) is 12.5 Å². The molecule has 0 spiro atoms. The SMILES string of the molecule is CC1CN(C)CC([N+](=O)[O-])=C1NCc1ccc(Cl)nc1. The van der Waals surface area contributed by atoms with E-state index >= 15 is 0 Å². The minimum Gasteiger partial charge on any atom is -0.379 e. The molecule has 0 amide bonds. The van der Waals surface area contributed by atoms with Crippen LogP contribution in [0.15, 0.2) is 29.7 Å². The van der Waals surface area contributed by atoms with Crippen molar-refractivity contribution in [3.05, 3.63) is 50.6 Å². The Morgan fingerprint density at radius 2 is 2.35 bits per heavy atom. The molecule has 0 saturated carbocycles. The monoisotopic (exact) mass is 296 g/mol. The fourth-order valence-corrected chi connectivity index (χ4v) is 2.50. The molecule has 0 saturated heterocycles. The summed E-state index contributed by atoms with van der Waals surface area (Å²) in [4.78, 5) is 16.8. The highest BCUT2D eigenvalue weighted by atomic mass is 35.5. The molecule has 1 atom stereocenters. The second-order valence-corrected chi connectivity index (χ2v) is 5.45. The average molecular weight is 297 g/mol. The van der Waals surface area contributed by atoms with Gasteiger partial charge in [-0.3, -0.25) is 15.0 Å². The summed E-state index contributed by atoms with van der Waals surface area (Å²) in [6.07, 6.45) is 1.67. The fraction of sp³-hybridized carbons (Fsp3) is 0.462. The third-order valence-electron chi connectivity index (χ3n) is 3.30. The highest BCUT2D eigenvalue weighted by Crippen LogP contribution is 2.21. The van der Waals surface area contributed by atoms with E-state index in [0.717, 1.165) is 12.1 Å². The molecule has 0 aliphatic carbocycles. The Balaban J connectivity index is 2.14. The lowest BCUT2D eigenvalue weighted by Gasteiger charge is -2.28. The van der Waals surface area contributed by atoms with Gasteiger partial charge in [0.15, 0.2) is 0 Å². The topological polar surface area (TPSA) is 71.3 Å². The van der Waals surface area contributed by atoms with Crippen molar-refractivity contribution in [3.8, 4) is 0 Å². The maximum absolute atomic E-state index is 11.2. The van der Waals surface area contributed by atoms with E-state index < -0.39 is 0 Å². The number of nitrogens with zero attached hydrogens (tertiary/aromatic N) is 3. The van der Waals surface area contributed by atoms with E-state index in [-0.39, 0.29) is 16.5 Å². The zero-order chi connectivity index (χ0) is 14.7. The van der Waals surface area contributed by atoms with Crippen molar-refractivity contribution in [1.29, 1.82) is 0 Å². The lowest BCUT2D eigenvalue weighted by Crippen LogP contribution is -2.39. The first-order valence-electron chi connectivity index (χ1n) is 6.37. The van der Waals surface area contributed by atoms with Crippen LogP contribution in [0.5, 0.6) is 0 Å². The number of rotatable bonds is 4. The molecule has 1 aliphatic rings. The summed E-state index contributed by atoms with van der Waals surface area (Å²) in [5.41, 5.74) is 1.90. The third-order valence-corrected chi connectivity index (χ3v) is 3.52. The van der Waals surface area contributed by atoms with Gasteiger partial charge in [0.05, 0.1) is 17.2 Å². The van der Waals surface area contributed by atoms with Crippen LogP contribution in [0.4, 0.5) is 0 Å². The third kappa shape index (κ3) is 3.46. The Labute approximate surface area is 122 Å². The lowest BCUT2D eigenvalue weighted by molar-refractivity contribution is -0.431. The van der Waals surface area contributed by atoms with Crippen molar-refractivity contribution >= 4 is 11.6 Å². The highest BCUT2D eigenvalue weighted by molar-refractivity contribution is 6.29. The van der Waals surface area contributed by atoms with Crippen LogP contribution >= 0.6 is 11.6 Å². The molecule has 20 heavy (non-hydrogen) atoms. The molecule has 1 N–H and O–H groups in total. The molecule has 0 aromatic carbocycles. The summed E-state index contributed by atoms with van der Waals surface area (Å²) in [6.45, 7) is 3.66. The molecule has 1 aliphatic heterocycles. The van der Waals surface area contributed by atoms with Crippen LogP contribution in [-0.2, 0) is 6.54 Å². The van der Waals surface area contributed by atoms with Crippen molar-refractivity contribution in [3.63, 3.8) is 0 Å². The minimum atomic E-state index is -0.297. The molecule has 6 nitrogen and oxygen atoms in total. The molecule has 2 rings (SSSR count). The van der Waals surface area contributed by atoms with Gasteiger partial charge in [-0.15, -0.1) is 0 Å². The van der Waals surface area contributed by atoms with Gasteiger partial charge in [-0.25, -0.2) is 4.98 Å². The number of pyridine rings is 1. The van der Waals surface area contributed by atoms with Gasteiger partial charge >= 0.3 is 0 Å². The Bertz CT molecular complexity index is 530. The smallest absolute Gasteiger partial charge is 0.279 e. The minimum absolute atomic E-state index is 0.106. The summed E-state index contributed by atoms with van der Waals surface area (Å²) < 4.78 is 0. The van der Waals surface area contributed by atoms with E-state index in [2.05, 4.69) is 10.3 Å². The molecule has 1 aromatic rings. The van der Waals surface area contributed by atoms with Gasteiger partial charge in [0.1, 0.15) is 5.15 Å². The standard InChI is InChI=1S/C13H17ClN4O2/c1-9-7-17(2)8-11(18(19)20)13(9)16-6-10-3-4-12(14)15-5-10/h3-5,9,16H,6-8H2,1-2H3. The first-order chi connectivity index (χ1) is 9.47. The van der Waals surface area contributed by atoms with Gasteiger partial charge < -0.3 is 5.32 Å². The van der Waals surface area contributed by atoms with Gasteiger partial charge in [0.25, 0.3) is 5.70 Å². The van der Waals surface area contributed by atoms with Crippen molar-refractivity contribution < 1.29 is 4.92 Å². The van der Waals surface area contributed by atoms with Crippen molar-refractivity contribution in [2.24, 2.45) is 5.92 Å². The predicted octanol–water partition coefficient (Wildman–Crippen LogP) is 1.89. The normalized spacial score (nSPS) is 20.1. The number of hydrogen-bond acceptors (Lipinski definition) is 5. The largest absolute Gasteiger partial charge is 0.379 e. The first-order valence-corrected chi connectivity index (χ1v) is 6.75. The Kier molecular flexibility index (Phi) is 4.57. The summed E-state index contributed by atoms with van der Waals surface area (Å²) >= 11 is 5.73. The number of hydrogen-bond donors (Lipinski definition) is 1. The average Bonchev–Trinajstić information content (AvgIpc) is 2.38. The molecular formula is C13H17ClN4O2. The van der Waals surface area contributed by atoms with Crippen LogP contribution in [0.25, 0.3) is 0 Å². The van der Waals surface area contributed by atoms with Crippen molar-refractivity contribution in [2.75, 3.05) is 20.1 Å². The molecule has 2 heterocycles. The molecular weight excluding hydrogens is 280 g/mol. The second-order valence-electron chi connectivity index (χ2n) is 5.06. The Morgan fingerprint density at radius 3 is 2.95 bits per heavy atom. The number of likely N-dealkylation sites (N-methyl/N-ethyl adjacent to an activating group) is 1. The molecule has 1 unspecified atom stereocenters. The van der Waals surface area contributed by atoms with E-state index in [1.165, 1.54) is 0 Å². The maximum atomic E-state index is 11.2. The highest BCUT2D eigenvalue weighted by Gasteiger charge is 2.30. The summed E-state index contributed by atoms with van der Waals surface area (Å²) in [5, 5.41) is 14.8. The Hall–Kier alpha value is -1.66. The lowest BCUT2D eigenvalue weighted by atomic mass is 10.0. The van der Waals surface area contributed by atoms with Gasteiger partial charge in [-0.05, 0) is 18.7 Å². The molecule has 108 valence electrons. The fourth-order valence-electron chi connectivity index (χ4n) is 2.39. The van der Waals surface area contributed by atoms with Crippen LogP contribution < -0.4 is 5.32 Å². The van der Waals surface area contributed by atoms with E-state index in [0.29, 0.717) is 23.9 Å². The van der Waals surface area contributed by atoms with Crippen molar-refractivity contribution in [1.82, 2.24) is 15.2 Å². The molecule has 0 fully saturated rings. The first kappa shape index (κ1) is 14.7. The molecule has 0 bridgehead atoms. The van der Waals surface area contributed by atoms with E-state index in [1.807, 2.05) is 24.9 Å². The van der Waals surface area contributed by atoms with E-state index in [4.69, 9.17) is 11.6 Å². The van der Waals surface area contributed by atoms with Crippen LogP contribution in [0.2, 0.25) is 5.15 Å². The van der Waals surface area contributed by atoms with Crippen LogP contribution in [-0.4, -0.2) is 34.9 Å². The maximum Gasteiger partial charge on any atom is 0.279 e. The second kappa shape index (κ2) is 6.19. The zero-order valence-corrected chi connectivity index (χ0v) is 12.2. The summed E-state index contributed by atoms with van der Waals surface area (Å²) in [6, 6.07) is 3.56. The van der Waals surface area contributed by atoms with Crippen LogP contribution in [0.3, 0.4) is 0 Å². The van der Waals surface area contributed by atoms with Gasteiger partial charge in [0, 0.05) is 25.2 Å². The van der Waals surface area contributed by atoms with Gasteiger partial charge in [-0.2, -0.15) is 0 Å². The molecule has 0 radical (unpaired) electrons. The van der Waals surface area contributed by atoms with E-state index in [1.54, 1.807) is 12.3 Å². The summed E-state index contributed by atoms with van der Waals surface area (Å²) in [5.74, 6) is 0.106. The quantitative estimate of drug-likeness (QED) is 0.522. The van der Waals surface area contributed by atoms with E-state index in [9.17, 15) is 10.1 Å². The predicted molar refractivity (Wildman–Crippen MR) is 76.8 cm³/mol. The van der Waals surface area contributed by atoms with Crippen LogP contribution in [0, 0.1) is 16.0 Å². The van der Waals surface area contributed by atoms with Crippen molar-refractivity contribution in [2.45, 2.75) is 13.5 Å². The molecule has 7 heteroatoms. The number of nitro groups is 1. The van der Waals surface area contributed by atoms with Gasteiger partial charge in [-0.1, -0.05) is 24.6 Å². The summed E-state index contributed by atoms with van der Waals surface area (Å²) in [7, 11) is 1.89. The zero-order valence-electron chi connectivity index (χ0n) is 11.5. The number of aromatic nitrogens is 1. The Morgan fingerprint density at radius 1 is 1.60 bits per heavy atom. The number of halogens is 1. The van der Waals surface area contributed by atoms with Gasteiger partial charge in [0.2, 0.25) is 0 Å². The molecule has 1 aromatic heterocycles.